The molecule has 2 aliphatic rings. The van der Waals surface area contributed by atoms with Gasteiger partial charge in [0.15, 0.2) is 5.82 Å². The van der Waals surface area contributed by atoms with E-state index in [2.05, 4.69) is 33.7 Å². The summed E-state index contributed by atoms with van der Waals surface area (Å²) in [6, 6.07) is 0.617. The van der Waals surface area contributed by atoms with Crippen molar-refractivity contribution in [1.29, 1.82) is 0 Å². The van der Waals surface area contributed by atoms with E-state index in [1.54, 1.807) is 6.20 Å². The van der Waals surface area contributed by atoms with Gasteiger partial charge in [-0.25, -0.2) is 4.98 Å². The first kappa shape index (κ1) is 16.5. The summed E-state index contributed by atoms with van der Waals surface area (Å²) in [6.07, 6.45) is 3.91. The predicted octanol–water partition coefficient (Wildman–Crippen LogP) is 1.21. The zero-order valence-electron chi connectivity index (χ0n) is 14.6. The summed E-state index contributed by atoms with van der Waals surface area (Å²) in [5.74, 6) is 1.22. The quantitative estimate of drug-likeness (QED) is 0.910. The number of likely N-dealkylation sites (tertiary alicyclic amines) is 1. The molecule has 1 amide bonds. The Morgan fingerprint density at radius 3 is 2.43 bits per heavy atom. The number of piperidine rings is 1. The fourth-order valence-electron chi connectivity index (χ4n) is 3.78. The number of likely N-dealkylation sites (N-methyl/N-ethyl adjacent to an activating group) is 1. The fraction of sp³-hybridized carbons (Fsp3) is 0.765. The van der Waals surface area contributed by atoms with Crippen molar-refractivity contribution in [2.45, 2.75) is 32.7 Å². The second-order valence-electron chi connectivity index (χ2n) is 7.12. The SMILES string of the molecule is Cc1cnc(C(=O)N2CCC(C(C)N3CCN(C)CC3)CC2)[nH]1. The van der Waals surface area contributed by atoms with Crippen LogP contribution in [0.1, 0.15) is 36.1 Å². The lowest BCUT2D eigenvalue weighted by Crippen LogP contribution is -2.52. The largest absolute Gasteiger partial charge is 0.338 e. The molecule has 1 aromatic rings. The van der Waals surface area contributed by atoms with Gasteiger partial charge in [0, 0.05) is 57.2 Å². The topological polar surface area (TPSA) is 55.5 Å². The smallest absolute Gasteiger partial charge is 0.289 e. The Bertz CT molecular complexity index is 527. The molecule has 128 valence electrons. The molecular weight excluding hydrogens is 290 g/mol. The minimum absolute atomic E-state index is 0.0452. The lowest BCUT2D eigenvalue weighted by Gasteiger charge is -2.42. The molecule has 0 aromatic carbocycles. The van der Waals surface area contributed by atoms with Gasteiger partial charge in [-0.2, -0.15) is 0 Å². The Balaban J connectivity index is 1.51. The van der Waals surface area contributed by atoms with E-state index < -0.39 is 0 Å². The van der Waals surface area contributed by atoms with Crippen molar-refractivity contribution in [2.75, 3.05) is 46.3 Å². The number of H-pyrrole nitrogens is 1. The molecule has 3 rings (SSSR count). The van der Waals surface area contributed by atoms with Crippen LogP contribution >= 0.6 is 0 Å². The van der Waals surface area contributed by atoms with Crippen molar-refractivity contribution in [3.63, 3.8) is 0 Å². The Kier molecular flexibility index (Phi) is 5.02. The fourth-order valence-corrected chi connectivity index (χ4v) is 3.78. The van der Waals surface area contributed by atoms with E-state index in [-0.39, 0.29) is 5.91 Å². The molecule has 2 saturated heterocycles. The van der Waals surface area contributed by atoms with Gasteiger partial charge in [-0.05, 0) is 39.7 Å². The summed E-state index contributed by atoms with van der Waals surface area (Å²) < 4.78 is 0. The molecule has 23 heavy (non-hydrogen) atoms. The lowest BCUT2D eigenvalue weighted by molar-refractivity contribution is 0.0493. The van der Waals surface area contributed by atoms with Gasteiger partial charge in [0.25, 0.3) is 5.91 Å². The Labute approximate surface area is 138 Å². The molecule has 3 heterocycles. The van der Waals surface area contributed by atoms with Gasteiger partial charge in [0.05, 0.1) is 0 Å². The van der Waals surface area contributed by atoms with Gasteiger partial charge in [-0.3, -0.25) is 9.69 Å². The van der Waals surface area contributed by atoms with Gasteiger partial charge in [-0.15, -0.1) is 0 Å². The van der Waals surface area contributed by atoms with E-state index in [4.69, 9.17) is 0 Å². The predicted molar refractivity (Wildman–Crippen MR) is 90.5 cm³/mol. The van der Waals surface area contributed by atoms with Crippen molar-refractivity contribution in [3.05, 3.63) is 17.7 Å². The van der Waals surface area contributed by atoms with Crippen molar-refractivity contribution in [2.24, 2.45) is 5.92 Å². The maximum Gasteiger partial charge on any atom is 0.289 e. The number of hydrogen-bond donors (Lipinski definition) is 1. The molecule has 0 aliphatic carbocycles. The number of aromatic nitrogens is 2. The number of carbonyl (C=O) groups excluding carboxylic acids is 1. The molecule has 0 radical (unpaired) electrons. The number of nitrogens with zero attached hydrogens (tertiary/aromatic N) is 4. The van der Waals surface area contributed by atoms with Gasteiger partial charge in [0.2, 0.25) is 0 Å². The van der Waals surface area contributed by atoms with Gasteiger partial charge in [-0.1, -0.05) is 0 Å². The van der Waals surface area contributed by atoms with Crippen molar-refractivity contribution in [3.8, 4) is 0 Å². The molecule has 0 spiro atoms. The highest BCUT2D eigenvalue weighted by Gasteiger charge is 2.31. The maximum absolute atomic E-state index is 12.4. The minimum atomic E-state index is 0.0452. The molecule has 1 atom stereocenters. The van der Waals surface area contributed by atoms with Crippen molar-refractivity contribution >= 4 is 5.91 Å². The van der Waals surface area contributed by atoms with Crippen LogP contribution in [0.4, 0.5) is 0 Å². The summed E-state index contributed by atoms with van der Waals surface area (Å²) in [6.45, 7) is 10.7. The van der Waals surface area contributed by atoms with E-state index in [0.29, 0.717) is 17.8 Å². The second kappa shape index (κ2) is 7.01. The molecule has 2 fully saturated rings. The molecular formula is C17H29N5O. The number of aryl methyl sites for hydroxylation is 1. The van der Waals surface area contributed by atoms with E-state index in [1.807, 2.05) is 11.8 Å². The highest BCUT2D eigenvalue weighted by molar-refractivity contribution is 5.90. The van der Waals surface area contributed by atoms with E-state index in [9.17, 15) is 4.79 Å². The summed E-state index contributed by atoms with van der Waals surface area (Å²) in [5, 5.41) is 0. The molecule has 0 bridgehead atoms. The van der Waals surface area contributed by atoms with Crippen LogP contribution in [0.2, 0.25) is 0 Å². The Morgan fingerprint density at radius 2 is 1.87 bits per heavy atom. The highest BCUT2D eigenvalue weighted by Crippen LogP contribution is 2.25. The molecule has 2 aliphatic heterocycles. The van der Waals surface area contributed by atoms with Crippen LogP contribution in [-0.4, -0.2) is 82.9 Å². The third-order valence-corrected chi connectivity index (χ3v) is 5.53. The second-order valence-corrected chi connectivity index (χ2v) is 7.12. The number of imidazole rings is 1. The summed E-state index contributed by atoms with van der Waals surface area (Å²) in [5.41, 5.74) is 0.937. The number of carbonyl (C=O) groups is 1. The standard InChI is InChI=1S/C17H29N5O/c1-13-12-18-16(19-13)17(23)22-6-4-15(5-7-22)14(2)21-10-8-20(3)9-11-21/h12,14-15H,4-11H2,1-3H3,(H,18,19). The van der Waals surface area contributed by atoms with Crippen LogP contribution in [0.25, 0.3) is 0 Å². The number of nitrogens with one attached hydrogen (secondary N) is 1. The van der Waals surface area contributed by atoms with Crippen LogP contribution in [0, 0.1) is 12.8 Å². The van der Waals surface area contributed by atoms with Gasteiger partial charge < -0.3 is 14.8 Å². The number of aromatic amines is 1. The first-order chi connectivity index (χ1) is 11.0. The average Bonchev–Trinajstić information content (AvgIpc) is 3.01. The number of amides is 1. The Morgan fingerprint density at radius 1 is 1.22 bits per heavy atom. The first-order valence-corrected chi connectivity index (χ1v) is 8.78. The van der Waals surface area contributed by atoms with Gasteiger partial charge >= 0.3 is 0 Å². The first-order valence-electron chi connectivity index (χ1n) is 8.78. The van der Waals surface area contributed by atoms with Crippen LogP contribution < -0.4 is 0 Å². The van der Waals surface area contributed by atoms with E-state index >= 15 is 0 Å². The third kappa shape index (κ3) is 3.75. The summed E-state index contributed by atoms with van der Waals surface area (Å²) >= 11 is 0. The number of rotatable bonds is 3. The third-order valence-electron chi connectivity index (χ3n) is 5.53. The monoisotopic (exact) mass is 319 g/mol. The van der Waals surface area contributed by atoms with E-state index in [1.165, 1.54) is 26.2 Å². The summed E-state index contributed by atoms with van der Waals surface area (Å²) in [4.78, 5) is 26.6. The molecule has 6 heteroatoms. The van der Waals surface area contributed by atoms with Crippen molar-refractivity contribution in [1.82, 2.24) is 24.7 Å². The molecule has 1 N–H and O–H groups in total. The number of piperazine rings is 1. The van der Waals surface area contributed by atoms with Crippen LogP contribution in [-0.2, 0) is 0 Å². The highest BCUT2D eigenvalue weighted by atomic mass is 16.2. The normalized spacial score (nSPS) is 23.2. The molecule has 1 unspecified atom stereocenters. The van der Waals surface area contributed by atoms with Crippen molar-refractivity contribution < 1.29 is 4.79 Å². The zero-order chi connectivity index (χ0) is 16.4. The maximum atomic E-state index is 12.4. The van der Waals surface area contributed by atoms with Crippen LogP contribution in [0.3, 0.4) is 0 Å². The Hall–Kier alpha value is -1.40. The van der Waals surface area contributed by atoms with Crippen LogP contribution in [0.15, 0.2) is 6.20 Å². The zero-order valence-corrected chi connectivity index (χ0v) is 14.6. The van der Waals surface area contributed by atoms with Gasteiger partial charge in [0.1, 0.15) is 0 Å². The lowest BCUT2D eigenvalue weighted by atomic mass is 9.89. The van der Waals surface area contributed by atoms with Crippen LogP contribution in [0.5, 0.6) is 0 Å². The summed E-state index contributed by atoms with van der Waals surface area (Å²) in [7, 11) is 2.20. The average molecular weight is 319 g/mol. The van der Waals surface area contributed by atoms with E-state index in [0.717, 1.165) is 31.6 Å². The minimum Gasteiger partial charge on any atom is -0.338 e. The molecule has 1 aromatic heterocycles. The number of hydrogen-bond acceptors (Lipinski definition) is 4. The molecule has 6 nitrogen and oxygen atoms in total. The molecule has 0 saturated carbocycles.